The van der Waals surface area contributed by atoms with Gasteiger partial charge in [-0.3, -0.25) is 4.99 Å². The maximum absolute atomic E-state index is 4.21. The lowest BCUT2D eigenvalue weighted by molar-refractivity contribution is 0.363. The fraction of sp³-hybridized carbons (Fsp3) is 0.875. The van der Waals surface area contributed by atoms with E-state index in [1.165, 1.54) is 0 Å². The van der Waals surface area contributed by atoms with E-state index in [1.54, 1.807) is 0 Å². The van der Waals surface area contributed by atoms with Crippen LogP contribution in [0.2, 0.25) is 0 Å². The Morgan fingerprint density at radius 1 is 1.40 bits per heavy atom. The molecule has 0 N–H and O–H groups in total. The highest BCUT2D eigenvalue weighted by molar-refractivity contribution is 5.56. The van der Waals surface area contributed by atoms with Gasteiger partial charge in [0.15, 0.2) is 0 Å². The quantitative estimate of drug-likeness (QED) is 0.530. The largest absolute Gasteiger partial charge is 0.305 e. The Morgan fingerprint density at radius 3 is 2.60 bits per heavy atom. The normalized spacial score (nSPS) is 11.6. The summed E-state index contributed by atoms with van der Waals surface area (Å²) in [5.74, 6) is 0. The van der Waals surface area contributed by atoms with Crippen molar-refractivity contribution >= 4 is 6.21 Å². The van der Waals surface area contributed by atoms with Gasteiger partial charge in [-0.2, -0.15) is 0 Å². The molecule has 0 aromatic rings. The average Bonchev–Trinajstić information content (AvgIpc) is 1.98. The van der Waals surface area contributed by atoms with Gasteiger partial charge in [0.05, 0.1) is 6.54 Å². The minimum Gasteiger partial charge on any atom is -0.305 e. The van der Waals surface area contributed by atoms with Crippen LogP contribution in [-0.4, -0.2) is 37.8 Å². The molecule has 2 nitrogen and oxygen atoms in total. The van der Waals surface area contributed by atoms with Crippen molar-refractivity contribution < 1.29 is 0 Å². The molecule has 0 aromatic heterocycles. The summed E-state index contributed by atoms with van der Waals surface area (Å²) in [7, 11) is 2.11. The first kappa shape index (κ1) is 9.63. The number of likely N-dealkylation sites (N-methyl/N-ethyl adjacent to an activating group) is 1. The standard InChI is InChI=1S/C8H18N2/c1-4-6-9-7-8-10(3)5-2/h6H,4-5,7-8H2,1-3H3/b9-6-. The molecular formula is C8H18N2. The Hall–Kier alpha value is -0.370. The molecule has 60 valence electrons. The SMILES string of the molecule is CC/C=N\CCN(C)CC. The van der Waals surface area contributed by atoms with Crippen molar-refractivity contribution in [3.05, 3.63) is 0 Å². The smallest absolute Gasteiger partial charge is 0.0512 e. The third-order valence-electron chi connectivity index (χ3n) is 1.46. The zero-order valence-corrected chi connectivity index (χ0v) is 7.30. The molecule has 0 unspecified atom stereocenters. The van der Waals surface area contributed by atoms with E-state index in [4.69, 9.17) is 0 Å². The van der Waals surface area contributed by atoms with Gasteiger partial charge in [0.1, 0.15) is 0 Å². The summed E-state index contributed by atoms with van der Waals surface area (Å²) in [5.41, 5.74) is 0. The minimum absolute atomic E-state index is 0.943. The van der Waals surface area contributed by atoms with Crippen LogP contribution in [0.25, 0.3) is 0 Å². The topological polar surface area (TPSA) is 15.6 Å². The maximum atomic E-state index is 4.21. The molecule has 0 saturated heterocycles. The summed E-state index contributed by atoms with van der Waals surface area (Å²) < 4.78 is 0. The Kier molecular flexibility index (Phi) is 6.50. The number of aliphatic imine (C=N–C) groups is 1. The third kappa shape index (κ3) is 5.76. The Morgan fingerprint density at radius 2 is 2.10 bits per heavy atom. The lowest BCUT2D eigenvalue weighted by Gasteiger charge is -2.10. The minimum atomic E-state index is 0.943. The third-order valence-corrected chi connectivity index (χ3v) is 1.46. The average molecular weight is 142 g/mol. The van der Waals surface area contributed by atoms with Crippen molar-refractivity contribution in [1.82, 2.24) is 4.90 Å². The number of nitrogens with zero attached hydrogens (tertiary/aromatic N) is 2. The molecule has 10 heavy (non-hydrogen) atoms. The highest BCUT2D eigenvalue weighted by atomic mass is 15.1. The van der Waals surface area contributed by atoms with E-state index in [0.717, 1.165) is 26.1 Å². The Bertz CT molecular complexity index is 89.3. The summed E-state index contributed by atoms with van der Waals surface area (Å²) in [6, 6.07) is 0. The van der Waals surface area contributed by atoms with Gasteiger partial charge >= 0.3 is 0 Å². The molecule has 0 amide bonds. The van der Waals surface area contributed by atoms with Gasteiger partial charge in [0.25, 0.3) is 0 Å². The Balaban J connectivity index is 3.10. The van der Waals surface area contributed by atoms with Crippen LogP contribution in [0.3, 0.4) is 0 Å². The molecule has 0 aliphatic rings. The molecule has 2 heteroatoms. The van der Waals surface area contributed by atoms with E-state index < -0.39 is 0 Å². The number of hydrogen-bond acceptors (Lipinski definition) is 2. The van der Waals surface area contributed by atoms with Crippen molar-refractivity contribution in [1.29, 1.82) is 0 Å². The van der Waals surface area contributed by atoms with Crippen molar-refractivity contribution in [3.8, 4) is 0 Å². The zero-order valence-electron chi connectivity index (χ0n) is 7.30. The molecule has 0 aliphatic carbocycles. The molecule has 0 atom stereocenters. The monoisotopic (exact) mass is 142 g/mol. The number of rotatable bonds is 5. The number of hydrogen-bond donors (Lipinski definition) is 0. The van der Waals surface area contributed by atoms with E-state index in [0.29, 0.717) is 0 Å². The van der Waals surface area contributed by atoms with E-state index in [-0.39, 0.29) is 0 Å². The van der Waals surface area contributed by atoms with Crippen LogP contribution >= 0.6 is 0 Å². The second-order valence-electron chi connectivity index (χ2n) is 2.39. The molecule has 0 aliphatic heterocycles. The molecule has 0 spiro atoms. The van der Waals surface area contributed by atoms with Crippen LogP contribution in [0.4, 0.5) is 0 Å². The van der Waals surface area contributed by atoms with Crippen molar-refractivity contribution in [2.45, 2.75) is 20.3 Å². The van der Waals surface area contributed by atoms with Gasteiger partial charge in [-0.15, -0.1) is 0 Å². The molecule has 0 rings (SSSR count). The molecule has 0 radical (unpaired) electrons. The second-order valence-corrected chi connectivity index (χ2v) is 2.39. The van der Waals surface area contributed by atoms with Crippen molar-refractivity contribution in [3.63, 3.8) is 0 Å². The molecular weight excluding hydrogens is 124 g/mol. The van der Waals surface area contributed by atoms with Crippen LogP contribution in [0.1, 0.15) is 20.3 Å². The lowest BCUT2D eigenvalue weighted by atomic mass is 10.5. The summed E-state index contributed by atoms with van der Waals surface area (Å²) in [6.45, 7) is 7.39. The first-order valence-electron chi connectivity index (χ1n) is 3.98. The lowest BCUT2D eigenvalue weighted by Crippen LogP contribution is -2.20. The van der Waals surface area contributed by atoms with E-state index in [9.17, 15) is 0 Å². The summed E-state index contributed by atoms with van der Waals surface area (Å²) in [5, 5.41) is 0. The van der Waals surface area contributed by atoms with E-state index in [1.807, 2.05) is 6.21 Å². The van der Waals surface area contributed by atoms with Crippen LogP contribution in [-0.2, 0) is 0 Å². The predicted octanol–water partition coefficient (Wildman–Crippen LogP) is 1.42. The van der Waals surface area contributed by atoms with Gasteiger partial charge in [0, 0.05) is 6.54 Å². The first-order chi connectivity index (χ1) is 4.81. The zero-order chi connectivity index (χ0) is 7.82. The molecule has 0 fully saturated rings. The molecule has 0 bridgehead atoms. The van der Waals surface area contributed by atoms with Gasteiger partial charge in [0.2, 0.25) is 0 Å². The van der Waals surface area contributed by atoms with Crippen LogP contribution < -0.4 is 0 Å². The van der Waals surface area contributed by atoms with Gasteiger partial charge < -0.3 is 4.90 Å². The second kappa shape index (κ2) is 6.75. The Labute approximate surface area is 63.9 Å². The van der Waals surface area contributed by atoms with Gasteiger partial charge in [-0.05, 0) is 26.2 Å². The van der Waals surface area contributed by atoms with Crippen LogP contribution in [0.5, 0.6) is 0 Å². The molecule has 0 saturated carbocycles. The predicted molar refractivity (Wildman–Crippen MR) is 46.8 cm³/mol. The first-order valence-corrected chi connectivity index (χ1v) is 3.98. The van der Waals surface area contributed by atoms with Crippen LogP contribution in [0, 0.1) is 0 Å². The highest BCUT2D eigenvalue weighted by Gasteiger charge is 1.89. The van der Waals surface area contributed by atoms with Gasteiger partial charge in [-0.25, -0.2) is 0 Å². The molecule has 0 heterocycles. The summed E-state index contributed by atoms with van der Waals surface area (Å²) >= 11 is 0. The van der Waals surface area contributed by atoms with Crippen LogP contribution in [0.15, 0.2) is 4.99 Å². The van der Waals surface area contributed by atoms with Gasteiger partial charge in [-0.1, -0.05) is 13.8 Å². The van der Waals surface area contributed by atoms with Crippen molar-refractivity contribution in [2.24, 2.45) is 4.99 Å². The fourth-order valence-corrected chi connectivity index (χ4v) is 0.607. The van der Waals surface area contributed by atoms with Crippen molar-refractivity contribution in [2.75, 3.05) is 26.7 Å². The maximum Gasteiger partial charge on any atom is 0.0512 e. The highest BCUT2D eigenvalue weighted by Crippen LogP contribution is 1.80. The summed E-state index contributed by atoms with van der Waals surface area (Å²) in [4.78, 5) is 6.47. The van der Waals surface area contributed by atoms with E-state index >= 15 is 0 Å². The fourth-order valence-electron chi connectivity index (χ4n) is 0.607. The molecule has 0 aromatic carbocycles. The van der Waals surface area contributed by atoms with E-state index in [2.05, 4.69) is 30.8 Å². The summed E-state index contributed by atoms with van der Waals surface area (Å²) in [6.07, 6.45) is 3.03.